The molecule has 190 valence electrons. The van der Waals surface area contributed by atoms with E-state index >= 15 is 0 Å². The highest BCUT2D eigenvalue weighted by Gasteiger charge is 2.31. The third kappa shape index (κ3) is 5.24. The van der Waals surface area contributed by atoms with Gasteiger partial charge in [0, 0.05) is 26.8 Å². The molecule has 0 saturated heterocycles. The second-order valence-corrected chi connectivity index (χ2v) is 12.1. The monoisotopic (exact) mass is 511 g/mol. The molecule has 0 saturated carbocycles. The van der Waals surface area contributed by atoms with Crippen molar-refractivity contribution in [3.8, 4) is 0 Å². The zero-order chi connectivity index (χ0) is 26.1. The zero-order valence-electron chi connectivity index (χ0n) is 21.6. The summed E-state index contributed by atoms with van der Waals surface area (Å²) in [6.45, 7) is 6.54. The second kappa shape index (κ2) is 10.6. The van der Waals surface area contributed by atoms with Crippen LogP contribution in [0.1, 0.15) is 65.9 Å². The number of benzene rings is 3. The highest BCUT2D eigenvalue weighted by Crippen LogP contribution is 2.37. The van der Waals surface area contributed by atoms with E-state index in [0.717, 1.165) is 33.5 Å². The van der Waals surface area contributed by atoms with Crippen LogP contribution in [0.2, 0.25) is 0 Å². The van der Waals surface area contributed by atoms with Gasteiger partial charge in [-0.15, -0.1) is 11.8 Å². The fraction of sp³-hybridized carbons (Fsp3) is 0.312. The first-order valence-electron chi connectivity index (χ1n) is 13.1. The summed E-state index contributed by atoms with van der Waals surface area (Å²) in [6, 6.07) is 24.7. The lowest BCUT2D eigenvalue weighted by Crippen LogP contribution is -2.24. The Morgan fingerprint density at radius 2 is 1.73 bits per heavy atom. The summed E-state index contributed by atoms with van der Waals surface area (Å²) >= 11 is 1.78. The van der Waals surface area contributed by atoms with Gasteiger partial charge in [0.25, 0.3) is 5.91 Å². The third-order valence-electron chi connectivity index (χ3n) is 7.37. The summed E-state index contributed by atoms with van der Waals surface area (Å²) < 4.78 is 1.84. The van der Waals surface area contributed by atoms with Crippen LogP contribution in [0.15, 0.2) is 77.7 Å². The Kier molecular flexibility index (Phi) is 7.25. The summed E-state index contributed by atoms with van der Waals surface area (Å²) in [5.74, 6) is -0.824. The number of rotatable bonds is 7. The van der Waals surface area contributed by atoms with E-state index in [4.69, 9.17) is 0 Å². The number of fused-ring (bicyclic) bond motifs is 3. The number of hydrogen-bond acceptors (Lipinski definition) is 3. The summed E-state index contributed by atoms with van der Waals surface area (Å²) in [5.41, 5.74) is 6.01. The Balaban J connectivity index is 1.48. The standard InChI is InChI=1S/C32H33NO3S/c1-20(2)37-26-14-16-30-28(19-26)27-18-25(32(35)36)13-15-29(27)33(30)31(34)24-11-9-22(10-12-24)17-21(3)23-7-5-4-6-8-23/h4-12,14,16,19-21,25H,13,15,17-18H2,1-3H3,(H,35,36). The molecule has 0 radical (unpaired) electrons. The van der Waals surface area contributed by atoms with Crippen molar-refractivity contribution in [2.45, 2.75) is 62.5 Å². The SMILES string of the molecule is CC(C)Sc1ccc2c(c1)c1c(n2C(=O)c2ccc(CC(C)c3ccccc3)cc2)CCC(C(=O)O)C1. The lowest BCUT2D eigenvalue weighted by molar-refractivity contribution is -0.142. The summed E-state index contributed by atoms with van der Waals surface area (Å²) in [4.78, 5) is 26.8. The minimum atomic E-state index is -0.758. The molecule has 5 rings (SSSR count). The molecular weight excluding hydrogens is 478 g/mol. The van der Waals surface area contributed by atoms with E-state index in [0.29, 0.717) is 36.0 Å². The van der Waals surface area contributed by atoms with Gasteiger partial charge in [-0.2, -0.15) is 0 Å². The van der Waals surface area contributed by atoms with Gasteiger partial charge in [-0.3, -0.25) is 14.2 Å². The van der Waals surface area contributed by atoms with Gasteiger partial charge < -0.3 is 5.11 Å². The fourth-order valence-electron chi connectivity index (χ4n) is 5.49. The molecule has 0 fully saturated rings. The third-order valence-corrected chi connectivity index (χ3v) is 8.37. The quantitative estimate of drug-likeness (QED) is 0.263. The molecule has 37 heavy (non-hydrogen) atoms. The number of nitrogens with zero attached hydrogens (tertiary/aromatic N) is 1. The maximum Gasteiger partial charge on any atom is 0.306 e. The van der Waals surface area contributed by atoms with Crippen LogP contribution in [0.25, 0.3) is 10.9 Å². The van der Waals surface area contributed by atoms with Gasteiger partial charge in [0.05, 0.1) is 11.4 Å². The van der Waals surface area contributed by atoms with E-state index in [2.05, 4.69) is 69.3 Å². The van der Waals surface area contributed by atoms with Crippen LogP contribution in [-0.2, 0) is 24.1 Å². The minimum absolute atomic E-state index is 0.0491. The Labute approximate surface area is 222 Å². The molecule has 2 atom stereocenters. The fourth-order valence-corrected chi connectivity index (χ4v) is 6.37. The van der Waals surface area contributed by atoms with Gasteiger partial charge in [-0.1, -0.05) is 63.2 Å². The highest BCUT2D eigenvalue weighted by atomic mass is 32.2. The lowest BCUT2D eigenvalue weighted by atomic mass is 9.86. The van der Waals surface area contributed by atoms with Crippen molar-refractivity contribution in [2.24, 2.45) is 5.92 Å². The molecule has 0 aliphatic heterocycles. The molecule has 4 nitrogen and oxygen atoms in total. The van der Waals surface area contributed by atoms with E-state index in [9.17, 15) is 14.7 Å². The lowest BCUT2D eigenvalue weighted by Gasteiger charge is -2.20. The van der Waals surface area contributed by atoms with Gasteiger partial charge >= 0.3 is 5.97 Å². The van der Waals surface area contributed by atoms with E-state index < -0.39 is 11.9 Å². The first-order chi connectivity index (χ1) is 17.8. The Morgan fingerprint density at radius 3 is 2.41 bits per heavy atom. The number of aromatic nitrogens is 1. The van der Waals surface area contributed by atoms with E-state index in [1.807, 2.05) is 28.8 Å². The first kappa shape index (κ1) is 25.3. The zero-order valence-corrected chi connectivity index (χ0v) is 22.4. The van der Waals surface area contributed by atoms with Crippen molar-refractivity contribution < 1.29 is 14.7 Å². The predicted molar refractivity (Wildman–Crippen MR) is 151 cm³/mol. The molecule has 3 aromatic carbocycles. The van der Waals surface area contributed by atoms with Crippen molar-refractivity contribution in [3.63, 3.8) is 0 Å². The number of hydrogen-bond donors (Lipinski definition) is 1. The van der Waals surface area contributed by atoms with Crippen LogP contribution >= 0.6 is 11.8 Å². The van der Waals surface area contributed by atoms with Crippen LogP contribution in [0.4, 0.5) is 0 Å². The topological polar surface area (TPSA) is 59.3 Å². The molecule has 0 amide bonds. The number of carbonyl (C=O) groups excluding carboxylic acids is 1. The molecule has 5 heteroatoms. The summed E-state index contributed by atoms with van der Waals surface area (Å²) in [6.07, 6.45) is 2.52. The molecule has 0 spiro atoms. The number of carbonyl (C=O) groups is 2. The van der Waals surface area contributed by atoms with Crippen molar-refractivity contribution >= 4 is 34.5 Å². The van der Waals surface area contributed by atoms with Crippen LogP contribution in [0.3, 0.4) is 0 Å². The molecular formula is C32H33NO3S. The predicted octanol–water partition coefficient (Wildman–Crippen LogP) is 7.37. The van der Waals surface area contributed by atoms with E-state index in [-0.39, 0.29) is 5.91 Å². The normalized spacial score (nSPS) is 16.1. The number of thioether (sulfide) groups is 1. The van der Waals surface area contributed by atoms with Gasteiger partial charge in [0.2, 0.25) is 0 Å². The van der Waals surface area contributed by atoms with Crippen LogP contribution in [0.5, 0.6) is 0 Å². The van der Waals surface area contributed by atoms with Crippen LogP contribution in [0, 0.1) is 5.92 Å². The molecule has 4 aromatic rings. The first-order valence-corrected chi connectivity index (χ1v) is 13.9. The van der Waals surface area contributed by atoms with Crippen molar-refractivity contribution in [3.05, 3.63) is 101 Å². The smallest absolute Gasteiger partial charge is 0.306 e. The van der Waals surface area contributed by atoms with Crippen LogP contribution in [-0.4, -0.2) is 26.8 Å². The van der Waals surface area contributed by atoms with E-state index in [1.165, 1.54) is 11.1 Å². The number of carboxylic acids is 1. The van der Waals surface area contributed by atoms with Crippen molar-refractivity contribution in [2.75, 3.05) is 0 Å². The van der Waals surface area contributed by atoms with Crippen molar-refractivity contribution in [1.29, 1.82) is 0 Å². The Morgan fingerprint density at radius 1 is 1.00 bits per heavy atom. The summed E-state index contributed by atoms with van der Waals surface area (Å²) in [7, 11) is 0. The number of carboxylic acid groups (broad SMARTS) is 1. The maximum atomic E-state index is 13.9. The molecule has 1 aliphatic carbocycles. The minimum Gasteiger partial charge on any atom is -0.481 e. The van der Waals surface area contributed by atoms with Crippen molar-refractivity contribution in [1.82, 2.24) is 4.57 Å². The molecule has 1 aromatic heterocycles. The molecule has 1 N–H and O–H groups in total. The average Bonchev–Trinajstić information content (AvgIpc) is 3.22. The number of aliphatic carboxylic acids is 1. The average molecular weight is 512 g/mol. The summed E-state index contributed by atoms with van der Waals surface area (Å²) in [5, 5.41) is 11.1. The van der Waals surface area contributed by atoms with Gasteiger partial charge in [0.1, 0.15) is 0 Å². The second-order valence-electron chi connectivity index (χ2n) is 10.4. The van der Waals surface area contributed by atoms with Gasteiger partial charge in [-0.25, -0.2) is 0 Å². The Hall–Kier alpha value is -3.31. The molecule has 2 unspecified atom stereocenters. The molecule has 0 bridgehead atoms. The Bertz CT molecular complexity index is 1440. The molecule has 1 heterocycles. The molecule has 1 aliphatic rings. The van der Waals surface area contributed by atoms with Gasteiger partial charge in [0.15, 0.2) is 0 Å². The van der Waals surface area contributed by atoms with Crippen LogP contribution < -0.4 is 0 Å². The maximum absolute atomic E-state index is 13.9. The largest absolute Gasteiger partial charge is 0.481 e. The van der Waals surface area contributed by atoms with E-state index in [1.54, 1.807) is 11.8 Å². The highest BCUT2D eigenvalue weighted by molar-refractivity contribution is 7.99. The van der Waals surface area contributed by atoms with Gasteiger partial charge in [-0.05, 0) is 78.6 Å².